The number of aliphatic carboxylic acids is 1. The molecule has 0 saturated heterocycles. The van der Waals surface area contributed by atoms with E-state index >= 15 is 0 Å². The van der Waals surface area contributed by atoms with Crippen LogP contribution in [0, 0.1) is 5.92 Å². The van der Waals surface area contributed by atoms with E-state index in [9.17, 15) is 9.59 Å². The number of carboxylic acid groups (broad SMARTS) is 1. The van der Waals surface area contributed by atoms with E-state index in [0.29, 0.717) is 12.8 Å². The third-order valence-electron chi connectivity index (χ3n) is 2.23. The van der Waals surface area contributed by atoms with Crippen LogP contribution in [0.2, 0.25) is 0 Å². The van der Waals surface area contributed by atoms with Crippen LogP contribution in [0.3, 0.4) is 0 Å². The van der Waals surface area contributed by atoms with Gasteiger partial charge in [0.1, 0.15) is 11.8 Å². The molecule has 94 valence electrons. The molecule has 4 nitrogen and oxygen atoms in total. The van der Waals surface area contributed by atoms with E-state index in [1.165, 1.54) is 0 Å². The minimum atomic E-state index is -0.897. The SMILES string of the molecule is CC(C)C(=O)CCC(NC(C)(C)C)C(=O)O. The first-order valence-corrected chi connectivity index (χ1v) is 5.66. The number of hydrogen-bond acceptors (Lipinski definition) is 3. The second-order valence-corrected chi connectivity index (χ2v) is 5.44. The van der Waals surface area contributed by atoms with E-state index in [4.69, 9.17) is 5.11 Å². The van der Waals surface area contributed by atoms with Crippen molar-refractivity contribution in [1.29, 1.82) is 0 Å². The van der Waals surface area contributed by atoms with Crippen molar-refractivity contribution < 1.29 is 14.7 Å². The van der Waals surface area contributed by atoms with Crippen molar-refractivity contribution in [3.05, 3.63) is 0 Å². The first-order chi connectivity index (χ1) is 7.13. The number of carbonyl (C=O) groups excluding carboxylic acids is 1. The van der Waals surface area contributed by atoms with Gasteiger partial charge in [0.25, 0.3) is 0 Å². The molecule has 1 unspecified atom stereocenters. The summed E-state index contributed by atoms with van der Waals surface area (Å²) >= 11 is 0. The minimum Gasteiger partial charge on any atom is -0.480 e. The summed E-state index contributed by atoms with van der Waals surface area (Å²) in [5.74, 6) is -0.808. The van der Waals surface area contributed by atoms with Gasteiger partial charge >= 0.3 is 5.97 Å². The van der Waals surface area contributed by atoms with Gasteiger partial charge in [0.15, 0.2) is 0 Å². The van der Waals surface area contributed by atoms with Crippen LogP contribution in [-0.2, 0) is 9.59 Å². The lowest BCUT2D eigenvalue weighted by atomic mass is 9.99. The Labute approximate surface area is 97.4 Å². The second-order valence-electron chi connectivity index (χ2n) is 5.44. The van der Waals surface area contributed by atoms with E-state index in [1.807, 2.05) is 34.6 Å². The Morgan fingerprint density at radius 2 is 1.75 bits per heavy atom. The maximum Gasteiger partial charge on any atom is 0.320 e. The number of carbonyl (C=O) groups is 2. The van der Waals surface area contributed by atoms with Gasteiger partial charge in [-0.15, -0.1) is 0 Å². The van der Waals surface area contributed by atoms with Crippen molar-refractivity contribution >= 4 is 11.8 Å². The highest BCUT2D eigenvalue weighted by atomic mass is 16.4. The predicted octanol–water partition coefficient (Wildman–Crippen LogP) is 1.83. The molecule has 1 atom stereocenters. The molecule has 0 aromatic rings. The molecule has 0 heterocycles. The quantitative estimate of drug-likeness (QED) is 0.729. The molecule has 16 heavy (non-hydrogen) atoms. The molecule has 0 aromatic heterocycles. The molecule has 0 rings (SSSR count). The second kappa shape index (κ2) is 5.99. The number of rotatable bonds is 6. The topological polar surface area (TPSA) is 66.4 Å². The molecule has 0 amide bonds. The zero-order chi connectivity index (χ0) is 12.9. The summed E-state index contributed by atoms with van der Waals surface area (Å²) in [5, 5.41) is 12.0. The van der Waals surface area contributed by atoms with Gasteiger partial charge < -0.3 is 5.11 Å². The third kappa shape index (κ3) is 6.56. The van der Waals surface area contributed by atoms with Crippen molar-refractivity contribution in [1.82, 2.24) is 5.32 Å². The van der Waals surface area contributed by atoms with E-state index in [1.54, 1.807) is 0 Å². The Kier molecular flexibility index (Phi) is 5.65. The Hall–Kier alpha value is -0.900. The van der Waals surface area contributed by atoms with E-state index in [2.05, 4.69) is 5.32 Å². The number of Topliss-reactive ketones (excluding diaryl/α,β-unsaturated/α-hetero) is 1. The predicted molar refractivity (Wildman–Crippen MR) is 63.4 cm³/mol. The molecule has 2 N–H and O–H groups in total. The highest BCUT2D eigenvalue weighted by Crippen LogP contribution is 2.09. The molecule has 0 spiro atoms. The van der Waals surface area contributed by atoms with Gasteiger partial charge in [-0.25, -0.2) is 0 Å². The Bertz CT molecular complexity index is 253. The number of carboxylic acids is 1. The summed E-state index contributed by atoms with van der Waals surface area (Å²) < 4.78 is 0. The Morgan fingerprint density at radius 3 is 2.06 bits per heavy atom. The van der Waals surface area contributed by atoms with Crippen LogP contribution in [0.15, 0.2) is 0 Å². The van der Waals surface area contributed by atoms with Gasteiger partial charge in [-0.05, 0) is 27.2 Å². The summed E-state index contributed by atoms with van der Waals surface area (Å²) in [6.45, 7) is 9.39. The fourth-order valence-corrected chi connectivity index (χ4v) is 1.36. The Morgan fingerprint density at radius 1 is 1.25 bits per heavy atom. The molecule has 0 radical (unpaired) electrons. The first kappa shape index (κ1) is 15.1. The number of hydrogen-bond donors (Lipinski definition) is 2. The van der Waals surface area contributed by atoms with Crippen LogP contribution in [0.25, 0.3) is 0 Å². The molecule has 0 aromatic carbocycles. The molecule has 0 fully saturated rings. The molecule has 0 saturated carbocycles. The van der Waals surface area contributed by atoms with Gasteiger partial charge in [0, 0.05) is 17.9 Å². The molecular formula is C12H23NO3. The standard InChI is InChI=1S/C12H23NO3/c1-8(2)10(14)7-6-9(11(15)16)13-12(3,4)5/h8-9,13H,6-7H2,1-5H3,(H,15,16). The average molecular weight is 229 g/mol. The van der Waals surface area contributed by atoms with E-state index in [0.717, 1.165) is 0 Å². The first-order valence-electron chi connectivity index (χ1n) is 5.66. The zero-order valence-electron chi connectivity index (χ0n) is 10.8. The molecule has 0 bridgehead atoms. The summed E-state index contributed by atoms with van der Waals surface area (Å²) in [6.07, 6.45) is 0.668. The van der Waals surface area contributed by atoms with Crippen molar-refractivity contribution in [3.63, 3.8) is 0 Å². The van der Waals surface area contributed by atoms with E-state index in [-0.39, 0.29) is 17.2 Å². The lowest BCUT2D eigenvalue weighted by molar-refractivity contribution is -0.140. The molecular weight excluding hydrogens is 206 g/mol. The van der Waals surface area contributed by atoms with Crippen molar-refractivity contribution in [2.75, 3.05) is 0 Å². The number of nitrogens with one attached hydrogen (secondary N) is 1. The normalized spacial score (nSPS) is 13.9. The van der Waals surface area contributed by atoms with Gasteiger partial charge in [-0.1, -0.05) is 13.8 Å². The van der Waals surface area contributed by atoms with Crippen LogP contribution in [-0.4, -0.2) is 28.4 Å². The van der Waals surface area contributed by atoms with E-state index < -0.39 is 12.0 Å². The van der Waals surface area contributed by atoms with Gasteiger partial charge in [0.2, 0.25) is 0 Å². The lowest BCUT2D eigenvalue weighted by Crippen LogP contribution is -2.47. The molecule has 0 aliphatic rings. The summed E-state index contributed by atoms with van der Waals surface area (Å²) in [7, 11) is 0. The van der Waals surface area contributed by atoms with Crippen LogP contribution < -0.4 is 5.32 Å². The van der Waals surface area contributed by atoms with Gasteiger partial charge in [-0.2, -0.15) is 0 Å². The summed E-state index contributed by atoms with van der Waals surface area (Å²) in [6, 6.07) is -0.650. The smallest absolute Gasteiger partial charge is 0.320 e. The molecule has 4 heteroatoms. The average Bonchev–Trinajstić information content (AvgIpc) is 2.09. The van der Waals surface area contributed by atoms with Crippen LogP contribution in [0.5, 0.6) is 0 Å². The zero-order valence-corrected chi connectivity index (χ0v) is 10.8. The van der Waals surface area contributed by atoms with Crippen molar-refractivity contribution in [2.45, 2.75) is 59.0 Å². The molecule has 0 aliphatic carbocycles. The fourth-order valence-electron chi connectivity index (χ4n) is 1.36. The maximum atomic E-state index is 11.4. The van der Waals surface area contributed by atoms with Gasteiger partial charge in [0.05, 0.1) is 0 Å². The highest BCUT2D eigenvalue weighted by molar-refractivity contribution is 5.81. The van der Waals surface area contributed by atoms with Crippen LogP contribution in [0.1, 0.15) is 47.5 Å². The summed E-state index contributed by atoms with van der Waals surface area (Å²) in [5.41, 5.74) is -0.260. The Balaban J connectivity index is 4.26. The minimum absolute atomic E-state index is 0.0240. The largest absolute Gasteiger partial charge is 0.480 e. The summed E-state index contributed by atoms with van der Waals surface area (Å²) in [4.78, 5) is 22.4. The fraction of sp³-hybridized carbons (Fsp3) is 0.833. The van der Waals surface area contributed by atoms with Gasteiger partial charge in [-0.3, -0.25) is 14.9 Å². The van der Waals surface area contributed by atoms with Crippen molar-refractivity contribution in [2.24, 2.45) is 5.92 Å². The molecule has 0 aliphatic heterocycles. The lowest BCUT2D eigenvalue weighted by Gasteiger charge is -2.25. The van der Waals surface area contributed by atoms with Crippen molar-refractivity contribution in [3.8, 4) is 0 Å². The highest BCUT2D eigenvalue weighted by Gasteiger charge is 2.24. The van der Waals surface area contributed by atoms with Crippen LogP contribution >= 0.6 is 0 Å². The maximum absolute atomic E-state index is 11.4. The third-order valence-corrected chi connectivity index (χ3v) is 2.23. The van der Waals surface area contributed by atoms with Crippen LogP contribution in [0.4, 0.5) is 0 Å². The number of ketones is 1. The monoisotopic (exact) mass is 229 g/mol.